The van der Waals surface area contributed by atoms with E-state index in [1.54, 1.807) is 23.9 Å². The molecular weight excluding hydrogens is 268 g/mol. The molecule has 0 spiro atoms. The highest BCUT2D eigenvalue weighted by atomic mass is 32.2. The molecule has 0 aliphatic heterocycles. The van der Waals surface area contributed by atoms with Crippen LogP contribution in [0.25, 0.3) is 0 Å². The summed E-state index contributed by atoms with van der Waals surface area (Å²) in [5.41, 5.74) is 8.53. The summed E-state index contributed by atoms with van der Waals surface area (Å²) in [5.74, 6) is -0.0702. The molecule has 0 radical (unpaired) electrons. The Balaban J connectivity index is 2.30. The molecule has 0 heterocycles. The van der Waals surface area contributed by atoms with E-state index in [2.05, 4.69) is 24.4 Å². The fraction of sp³-hybridized carbons (Fsp3) is 0.188. The standard InChI is InChI=1S/C16H18N2OS/c1-3-18-16(19)12-8-9-13(17)15(10-12)20-14-7-5-4-6-11(14)2/h4-10H,3,17H2,1-2H3,(H,18,19). The molecule has 3 nitrogen and oxygen atoms in total. The largest absolute Gasteiger partial charge is 0.398 e. The van der Waals surface area contributed by atoms with Gasteiger partial charge < -0.3 is 11.1 Å². The second-order valence-electron chi connectivity index (χ2n) is 4.48. The van der Waals surface area contributed by atoms with Gasteiger partial charge in [0, 0.05) is 27.6 Å². The number of benzene rings is 2. The number of nitrogens with one attached hydrogen (secondary N) is 1. The van der Waals surface area contributed by atoms with Gasteiger partial charge in [-0.3, -0.25) is 4.79 Å². The lowest BCUT2D eigenvalue weighted by molar-refractivity contribution is 0.0955. The SMILES string of the molecule is CCNC(=O)c1ccc(N)c(Sc2ccccc2C)c1. The van der Waals surface area contributed by atoms with Crippen molar-refractivity contribution in [1.82, 2.24) is 5.32 Å². The Bertz CT molecular complexity index is 626. The molecule has 0 fully saturated rings. The van der Waals surface area contributed by atoms with Gasteiger partial charge in [0.25, 0.3) is 5.91 Å². The van der Waals surface area contributed by atoms with Gasteiger partial charge in [0.1, 0.15) is 0 Å². The van der Waals surface area contributed by atoms with Gasteiger partial charge in [0.15, 0.2) is 0 Å². The predicted octanol–water partition coefficient (Wildman–Crippen LogP) is 3.48. The maximum atomic E-state index is 11.9. The topological polar surface area (TPSA) is 55.1 Å². The number of nitrogens with two attached hydrogens (primary N) is 1. The van der Waals surface area contributed by atoms with E-state index >= 15 is 0 Å². The number of anilines is 1. The molecule has 0 aliphatic carbocycles. The molecule has 2 rings (SSSR count). The average Bonchev–Trinajstić information content (AvgIpc) is 2.44. The molecule has 0 atom stereocenters. The molecule has 0 saturated heterocycles. The molecule has 0 aromatic heterocycles. The highest BCUT2D eigenvalue weighted by Crippen LogP contribution is 2.34. The number of rotatable bonds is 4. The van der Waals surface area contributed by atoms with E-state index in [0.717, 1.165) is 9.79 Å². The smallest absolute Gasteiger partial charge is 0.251 e. The molecule has 2 aromatic carbocycles. The van der Waals surface area contributed by atoms with Crippen molar-refractivity contribution < 1.29 is 4.79 Å². The van der Waals surface area contributed by atoms with E-state index in [4.69, 9.17) is 5.73 Å². The van der Waals surface area contributed by atoms with Crippen LogP contribution in [-0.2, 0) is 0 Å². The monoisotopic (exact) mass is 286 g/mol. The molecule has 0 bridgehead atoms. The zero-order valence-electron chi connectivity index (χ0n) is 11.6. The summed E-state index contributed by atoms with van der Waals surface area (Å²) in [5, 5.41) is 2.79. The Hall–Kier alpha value is -1.94. The number of carbonyl (C=O) groups is 1. The van der Waals surface area contributed by atoms with E-state index in [-0.39, 0.29) is 5.91 Å². The maximum Gasteiger partial charge on any atom is 0.251 e. The van der Waals surface area contributed by atoms with Crippen LogP contribution in [-0.4, -0.2) is 12.5 Å². The van der Waals surface area contributed by atoms with Crippen molar-refractivity contribution in [2.75, 3.05) is 12.3 Å². The summed E-state index contributed by atoms with van der Waals surface area (Å²) < 4.78 is 0. The molecule has 4 heteroatoms. The molecule has 1 amide bonds. The Morgan fingerprint density at radius 3 is 2.65 bits per heavy atom. The number of hydrogen-bond donors (Lipinski definition) is 2. The fourth-order valence-corrected chi connectivity index (χ4v) is 2.80. The molecule has 3 N–H and O–H groups in total. The number of aryl methyl sites for hydroxylation is 1. The minimum Gasteiger partial charge on any atom is -0.398 e. The second kappa shape index (κ2) is 6.48. The number of carbonyl (C=O) groups excluding carboxylic acids is 1. The van der Waals surface area contributed by atoms with Crippen molar-refractivity contribution in [3.63, 3.8) is 0 Å². The highest BCUT2D eigenvalue weighted by molar-refractivity contribution is 7.99. The first-order valence-electron chi connectivity index (χ1n) is 6.53. The Morgan fingerprint density at radius 2 is 1.95 bits per heavy atom. The van der Waals surface area contributed by atoms with Gasteiger partial charge in [0.05, 0.1) is 0 Å². The lowest BCUT2D eigenvalue weighted by Gasteiger charge is -2.10. The van der Waals surface area contributed by atoms with Crippen LogP contribution in [0.3, 0.4) is 0 Å². The van der Waals surface area contributed by atoms with E-state index in [9.17, 15) is 4.79 Å². The third-order valence-electron chi connectivity index (χ3n) is 2.93. The summed E-state index contributed by atoms with van der Waals surface area (Å²) >= 11 is 1.59. The summed E-state index contributed by atoms with van der Waals surface area (Å²) in [6, 6.07) is 13.5. The van der Waals surface area contributed by atoms with Crippen LogP contribution in [0.15, 0.2) is 52.3 Å². The van der Waals surface area contributed by atoms with Gasteiger partial charge in [-0.25, -0.2) is 0 Å². The quantitative estimate of drug-likeness (QED) is 0.846. The first kappa shape index (κ1) is 14.5. The van der Waals surface area contributed by atoms with Crippen molar-refractivity contribution in [3.05, 3.63) is 53.6 Å². The van der Waals surface area contributed by atoms with Crippen LogP contribution in [0.5, 0.6) is 0 Å². The van der Waals surface area contributed by atoms with Crippen molar-refractivity contribution in [3.8, 4) is 0 Å². The molecule has 0 aliphatic rings. The molecule has 20 heavy (non-hydrogen) atoms. The number of nitrogen functional groups attached to an aromatic ring is 1. The Labute approximate surface area is 123 Å². The summed E-state index contributed by atoms with van der Waals surface area (Å²) in [6.45, 7) is 4.58. The summed E-state index contributed by atoms with van der Waals surface area (Å²) in [7, 11) is 0. The molecule has 104 valence electrons. The molecule has 0 saturated carbocycles. The highest BCUT2D eigenvalue weighted by Gasteiger charge is 2.09. The minimum absolute atomic E-state index is 0.0702. The van der Waals surface area contributed by atoms with Crippen molar-refractivity contribution >= 4 is 23.4 Å². The van der Waals surface area contributed by atoms with Gasteiger partial charge in [0.2, 0.25) is 0 Å². The second-order valence-corrected chi connectivity index (χ2v) is 5.56. The Morgan fingerprint density at radius 1 is 1.20 bits per heavy atom. The van der Waals surface area contributed by atoms with Crippen LogP contribution in [0.1, 0.15) is 22.8 Å². The fourth-order valence-electron chi connectivity index (χ4n) is 1.82. The van der Waals surface area contributed by atoms with Crippen LogP contribution in [0.2, 0.25) is 0 Å². The number of amides is 1. The normalized spacial score (nSPS) is 10.3. The van der Waals surface area contributed by atoms with Crippen LogP contribution >= 0.6 is 11.8 Å². The third-order valence-corrected chi connectivity index (χ3v) is 4.18. The van der Waals surface area contributed by atoms with Crippen LogP contribution in [0.4, 0.5) is 5.69 Å². The van der Waals surface area contributed by atoms with Gasteiger partial charge in [-0.2, -0.15) is 0 Å². The van der Waals surface area contributed by atoms with E-state index < -0.39 is 0 Å². The molecule has 2 aromatic rings. The van der Waals surface area contributed by atoms with E-state index in [0.29, 0.717) is 17.8 Å². The summed E-state index contributed by atoms with van der Waals surface area (Å²) in [4.78, 5) is 13.9. The first-order valence-corrected chi connectivity index (χ1v) is 7.34. The van der Waals surface area contributed by atoms with Crippen molar-refractivity contribution in [2.45, 2.75) is 23.6 Å². The van der Waals surface area contributed by atoms with Gasteiger partial charge >= 0.3 is 0 Å². The van der Waals surface area contributed by atoms with E-state index in [1.165, 1.54) is 5.56 Å². The van der Waals surface area contributed by atoms with Crippen molar-refractivity contribution in [2.24, 2.45) is 0 Å². The van der Waals surface area contributed by atoms with Gasteiger partial charge in [-0.15, -0.1) is 0 Å². The zero-order valence-corrected chi connectivity index (χ0v) is 12.5. The van der Waals surface area contributed by atoms with Gasteiger partial charge in [-0.05, 0) is 43.7 Å². The third kappa shape index (κ3) is 3.33. The lowest BCUT2D eigenvalue weighted by atomic mass is 10.2. The van der Waals surface area contributed by atoms with E-state index in [1.807, 2.05) is 25.1 Å². The molecular formula is C16H18N2OS. The number of hydrogen-bond acceptors (Lipinski definition) is 3. The van der Waals surface area contributed by atoms with Gasteiger partial charge in [-0.1, -0.05) is 30.0 Å². The lowest BCUT2D eigenvalue weighted by Crippen LogP contribution is -2.22. The summed E-state index contributed by atoms with van der Waals surface area (Å²) in [6.07, 6.45) is 0. The maximum absolute atomic E-state index is 11.9. The molecule has 0 unspecified atom stereocenters. The zero-order chi connectivity index (χ0) is 14.5. The minimum atomic E-state index is -0.0702. The average molecular weight is 286 g/mol. The first-order chi connectivity index (χ1) is 9.61. The van der Waals surface area contributed by atoms with Crippen molar-refractivity contribution in [1.29, 1.82) is 0 Å². The van der Waals surface area contributed by atoms with Crippen LogP contribution in [0, 0.1) is 6.92 Å². The Kier molecular flexibility index (Phi) is 4.69. The van der Waals surface area contributed by atoms with Crippen LogP contribution < -0.4 is 11.1 Å². The predicted molar refractivity (Wildman–Crippen MR) is 84.2 cm³/mol.